The molecule has 2 amide bonds. The van der Waals surface area contributed by atoms with Crippen LogP contribution in [0.15, 0.2) is 85.1 Å². The summed E-state index contributed by atoms with van der Waals surface area (Å²) in [5, 5.41) is 6.77. The quantitative estimate of drug-likeness (QED) is 0.446. The Hall–Kier alpha value is -4.03. The van der Waals surface area contributed by atoms with E-state index in [4.69, 9.17) is 0 Å². The monoisotopic (exact) mass is 438 g/mol. The molecule has 0 fully saturated rings. The van der Waals surface area contributed by atoms with Crippen molar-refractivity contribution in [2.75, 3.05) is 19.4 Å². The summed E-state index contributed by atoms with van der Waals surface area (Å²) in [5.74, 6) is -0.362. The highest BCUT2D eigenvalue weighted by Crippen LogP contribution is 2.15. The molecule has 0 aliphatic heterocycles. The Balaban J connectivity index is 1.37. The van der Waals surface area contributed by atoms with Gasteiger partial charge in [0.15, 0.2) is 0 Å². The number of anilines is 1. The number of carbonyl (C=O) groups excluding carboxylic acids is 2. The number of rotatable bonds is 7. The van der Waals surface area contributed by atoms with Crippen LogP contribution >= 0.6 is 0 Å². The summed E-state index contributed by atoms with van der Waals surface area (Å²) in [5.41, 5.74) is 4.73. The van der Waals surface area contributed by atoms with Crippen molar-refractivity contribution in [1.29, 1.82) is 0 Å². The van der Waals surface area contributed by atoms with Gasteiger partial charge in [-0.15, -0.1) is 0 Å². The van der Waals surface area contributed by atoms with Crippen LogP contribution in [0.25, 0.3) is 10.9 Å². The normalized spacial score (nSPS) is 10.9. The first-order valence-electron chi connectivity index (χ1n) is 10.7. The van der Waals surface area contributed by atoms with Gasteiger partial charge in [0.05, 0.1) is 5.52 Å². The fourth-order valence-electron chi connectivity index (χ4n) is 3.59. The number of carbonyl (C=O) groups is 2. The van der Waals surface area contributed by atoms with Gasteiger partial charge in [0.25, 0.3) is 11.8 Å². The van der Waals surface area contributed by atoms with Crippen LogP contribution in [0.5, 0.6) is 0 Å². The van der Waals surface area contributed by atoms with Crippen molar-refractivity contribution >= 4 is 28.4 Å². The lowest BCUT2D eigenvalue weighted by Gasteiger charge is -2.11. The molecule has 0 radical (unpaired) electrons. The first-order valence-corrected chi connectivity index (χ1v) is 10.7. The lowest BCUT2D eigenvalue weighted by atomic mass is 10.1. The summed E-state index contributed by atoms with van der Waals surface area (Å²) in [6, 6.07) is 24.3. The molecule has 2 N–H and O–H groups in total. The van der Waals surface area contributed by atoms with Crippen molar-refractivity contribution in [1.82, 2.24) is 15.2 Å². The minimum absolute atomic E-state index is 0.173. The van der Waals surface area contributed by atoms with Gasteiger partial charge in [-0.05, 0) is 73.8 Å². The third kappa shape index (κ3) is 5.81. The summed E-state index contributed by atoms with van der Waals surface area (Å²) in [6.45, 7) is 1.17. The Morgan fingerprint density at radius 2 is 1.61 bits per heavy atom. The van der Waals surface area contributed by atoms with Crippen molar-refractivity contribution in [2.45, 2.75) is 13.1 Å². The molecule has 6 heteroatoms. The summed E-state index contributed by atoms with van der Waals surface area (Å²) < 4.78 is 0. The number of pyridine rings is 1. The van der Waals surface area contributed by atoms with E-state index in [-0.39, 0.29) is 11.8 Å². The van der Waals surface area contributed by atoms with E-state index in [9.17, 15) is 9.59 Å². The van der Waals surface area contributed by atoms with Crippen LogP contribution in [0, 0.1) is 0 Å². The molecule has 1 heterocycles. The third-order valence-corrected chi connectivity index (χ3v) is 5.22. The SMILES string of the molecule is CN(C)Cc1ccc(NC(=O)c2cccc(CNC(=O)c3ccc4ncccc4c3)c2)cc1. The number of amides is 2. The Morgan fingerprint density at radius 3 is 2.39 bits per heavy atom. The first-order chi connectivity index (χ1) is 16.0. The van der Waals surface area contributed by atoms with Gasteiger partial charge in [0.1, 0.15) is 0 Å². The van der Waals surface area contributed by atoms with E-state index in [2.05, 4.69) is 20.5 Å². The highest BCUT2D eigenvalue weighted by atomic mass is 16.2. The zero-order chi connectivity index (χ0) is 23.2. The van der Waals surface area contributed by atoms with E-state index in [0.717, 1.165) is 28.7 Å². The van der Waals surface area contributed by atoms with Crippen molar-refractivity contribution in [3.63, 3.8) is 0 Å². The molecule has 6 nitrogen and oxygen atoms in total. The van der Waals surface area contributed by atoms with Gasteiger partial charge in [-0.25, -0.2) is 0 Å². The predicted molar refractivity (Wildman–Crippen MR) is 131 cm³/mol. The number of benzene rings is 3. The van der Waals surface area contributed by atoms with Gasteiger partial charge in [-0.3, -0.25) is 14.6 Å². The average Bonchev–Trinajstić information content (AvgIpc) is 2.83. The fourth-order valence-corrected chi connectivity index (χ4v) is 3.59. The smallest absolute Gasteiger partial charge is 0.255 e. The number of nitrogens with one attached hydrogen (secondary N) is 2. The second kappa shape index (κ2) is 10.1. The van der Waals surface area contributed by atoms with Crippen molar-refractivity contribution < 1.29 is 9.59 Å². The minimum Gasteiger partial charge on any atom is -0.348 e. The van der Waals surface area contributed by atoms with Gasteiger partial charge in [0.2, 0.25) is 0 Å². The van der Waals surface area contributed by atoms with Crippen LogP contribution in [0.2, 0.25) is 0 Å². The number of hydrogen-bond donors (Lipinski definition) is 2. The second-order valence-electron chi connectivity index (χ2n) is 8.18. The van der Waals surface area contributed by atoms with Crippen molar-refractivity contribution in [2.24, 2.45) is 0 Å². The summed E-state index contributed by atoms with van der Waals surface area (Å²) in [7, 11) is 4.04. The van der Waals surface area contributed by atoms with Gasteiger partial charge >= 0.3 is 0 Å². The van der Waals surface area contributed by atoms with E-state index in [1.165, 1.54) is 5.56 Å². The maximum Gasteiger partial charge on any atom is 0.255 e. The molecule has 166 valence electrons. The van der Waals surface area contributed by atoms with Crippen molar-refractivity contribution in [3.8, 4) is 0 Å². The molecule has 0 bridgehead atoms. The van der Waals surface area contributed by atoms with Crippen molar-refractivity contribution in [3.05, 3.63) is 107 Å². The Morgan fingerprint density at radius 1 is 0.818 bits per heavy atom. The van der Waals surface area contributed by atoms with Gasteiger partial charge in [-0.2, -0.15) is 0 Å². The van der Waals surface area contributed by atoms with E-state index in [1.54, 1.807) is 24.4 Å². The van der Waals surface area contributed by atoms with E-state index >= 15 is 0 Å². The Bertz CT molecular complexity index is 1280. The van der Waals surface area contributed by atoms with Crippen LogP contribution in [0.1, 0.15) is 31.8 Å². The molecule has 3 aromatic carbocycles. The highest BCUT2D eigenvalue weighted by molar-refractivity contribution is 6.04. The lowest BCUT2D eigenvalue weighted by Crippen LogP contribution is -2.23. The molecular weight excluding hydrogens is 412 g/mol. The number of aromatic nitrogens is 1. The number of fused-ring (bicyclic) bond motifs is 1. The van der Waals surface area contributed by atoms with Crippen LogP contribution in [0.3, 0.4) is 0 Å². The zero-order valence-electron chi connectivity index (χ0n) is 18.7. The summed E-state index contributed by atoms with van der Waals surface area (Å²) in [6.07, 6.45) is 1.73. The Labute approximate surface area is 193 Å². The molecule has 0 aliphatic carbocycles. The molecule has 0 spiro atoms. The maximum absolute atomic E-state index is 12.7. The van der Waals surface area contributed by atoms with Gasteiger partial charge in [0, 0.05) is 41.5 Å². The lowest BCUT2D eigenvalue weighted by molar-refractivity contribution is 0.0950. The number of hydrogen-bond acceptors (Lipinski definition) is 4. The standard InChI is InChI=1S/C27H26N4O2/c1-31(2)18-19-8-11-24(12-9-19)30-27(33)22-6-3-5-20(15-22)17-29-26(32)23-10-13-25-21(16-23)7-4-14-28-25/h3-16H,17-18H2,1-2H3,(H,29,32)(H,30,33). The summed E-state index contributed by atoms with van der Waals surface area (Å²) >= 11 is 0. The highest BCUT2D eigenvalue weighted by Gasteiger charge is 2.10. The molecule has 0 saturated heterocycles. The molecule has 4 rings (SSSR count). The molecule has 1 aromatic heterocycles. The minimum atomic E-state index is -0.189. The van der Waals surface area contributed by atoms with E-state index in [1.807, 2.05) is 74.8 Å². The average molecular weight is 439 g/mol. The fraction of sp³-hybridized carbons (Fsp3) is 0.148. The molecule has 0 saturated carbocycles. The van der Waals surface area contributed by atoms with E-state index in [0.29, 0.717) is 17.7 Å². The van der Waals surface area contributed by atoms with Crippen LogP contribution in [-0.4, -0.2) is 35.8 Å². The third-order valence-electron chi connectivity index (χ3n) is 5.22. The Kier molecular flexibility index (Phi) is 6.76. The second-order valence-corrected chi connectivity index (χ2v) is 8.18. The maximum atomic E-state index is 12.7. The largest absolute Gasteiger partial charge is 0.348 e. The first kappa shape index (κ1) is 22.2. The molecule has 0 aliphatic rings. The topological polar surface area (TPSA) is 74.3 Å². The predicted octanol–water partition coefficient (Wildman–Crippen LogP) is 4.48. The summed E-state index contributed by atoms with van der Waals surface area (Å²) in [4.78, 5) is 31.7. The van der Waals surface area contributed by atoms with Gasteiger partial charge < -0.3 is 15.5 Å². The molecule has 0 unspecified atom stereocenters. The molecule has 4 aromatic rings. The van der Waals surface area contributed by atoms with E-state index < -0.39 is 0 Å². The van der Waals surface area contributed by atoms with Gasteiger partial charge in [-0.1, -0.05) is 30.3 Å². The molecule has 0 atom stereocenters. The van der Waals surface area contributed by atoms with Crippen LogP contribution in [-0.2, 0) is 13.1 Å². The molecular formula is C27H26N4O2. The zero-order valence-corrected chi connectivity index (χ0v) is 18.7. The van der Waals surface area contributed by atoms with Crippen LogP contribution in [0.4, 0.5) is 5.69 Å². The van der Waals surface area contributed by atoms with Crippen LogP contribution < -0.4 is 10.6 Å². The number of nitrogens with zero attached hydrogens (tertiary/aromatic N) is 2. The molecule has 33 heavy (non-hydrogen) atoms.